The van der Waals surface area contributed by atoms with Gasteiger partial charge in [0.15, 0.2) is 0 Å². The fraction of sp³-hybridized carbons (Fsp3) is 1.00. The Bertz CT molecular complexity index is 379. The number of rotatable bonds is 1. The quantitative estimate of drug-likeness (QED) is 0.553. The lowest BCUT2D eigenvalue weighted by molar-refractivity contribution is 0.150. The maximum atomic E-state index is 10.9. The molecular weight excluding hydrogens is 232 g/mol. The van der Waals surface area contributed by atoms with Gasteiger partial charge in [0, 0.05) is 5.92 Å². The molecule has 0 aromatic rings. The van der Waals surface area contributed by atoms with Crippen molar-refractivity contribution in [3.8, 4) is 0 Å². The van der Waals surface area contributed by atoms with Crippen molar-refractivity contribution >= 4 is 20.2 Å². The van der Waals surface area contributed by atoms with Crippen molar-refractivity contribution in [3.63, 3.8) is 0 Å². The van der Waals surface area contributed by atoms with Crippen LogP contribution < -0.4 is 0 Å². The molecule has 0 N–H and O–H groups in total. The minimum Gasteiger partial charge on any atom is -0.270 e. The SMILES string of the molecule is O=S1(=O)CC(C2CCS(=O)(=O)O2)CO1. The molecule has 2 unspecified atom stereocenters. The second kappa shape index (κ2) is 3.16. The Morgan fingerprint density at radius 3 is 2.21 bits per heavy atom. The Balaban J connectivity index is 2.06. The minimum absolute atomic E-state index is 0.0303. The van der Waals surface area contributed by atoms with E-state index in [9.17, 15) is 16.8 Å². The average Bonchev–Trinajstić information content (AvgIpc) is 2.54. The monoisotopic (exact) mass is 242 g/mol. The van der Waals surface area contributed by atoms with Gasteiger partial charge < -0.3 is 0 Å². The van der Waals surface area contributed by atoms with Crippen molar-refractivity contribution in [3.05, 3.63) is 0 Å². The van der Waals surface area contributed by atoms with E-state index in [1.54, 1.807) is 0 Å². The molecule has 0 bridgehead atoms. The molecule has 0 saturated carbocycles. The van der Waals surface area contributed by atoms with E-state index in [2.05, 4.69) is 4.18 Å². The Labute approximate surface area is 82.4 Å². The van der Waals surface area contributed by atoms with Crippen molar-refractivity contribution < 1.29 is 25.2 Å². The zero-order valence-electron chi connectivity index (χ0n) is 7.25. The van der Waals surface area contributed by atoms with Crippen LogP contribution in [0.1, 0.15) is 6.42 Å². The van der Waals surface area contributed by atoms with Crippen molar-refractivity contribution in [2.45, 2.75) is 12.5 Å². The first kappa shape index (κ1) is 10.3. The molecule has 8 heteroatoms. The molecule has 0 radical (unpaired) electrons. The van der Waals surface area contributed by atoms with Crippen molar-refractivity contribution in [1.82, 2.24) is 0 Å². The van der Waals surface area contributed by atoms with Gasteiger partial charge in [-0.05, 0) is 6.42 Å². The van der Waals surface area contributed by atoms with Gasteiger partial charge in [-0.2, -0.15) is 16.8 Å². The third-order valence-corrected chi connectivity index (χ3v) is 4.94. The lowest BCUT2D eigenvalue weighted by Gasteiger charge is -2.11. The number of hydrogen-bond acceptors (Lipinski definition) is 6. The summed E-state index contributed by atoms with van der Waals surface area (Å²) in [7, 11) is -6.87. The van der Waals surface area contributed by atoms with E-state index in [1.807, 2.05) is 0 Å². The summed E-state index contributed by atoms with van der Waals surface area (Å²) in [5.74, 6) is -0.529. The summed E-state index contributed by atoms with van der Waals surface area (Å²) in [6.07, 6.45) is -0.177. The molecule has 2 saturated heterocycles. The van der Waals surface area contributed by atoms with Crippen LogP contribution in [0.25, 0.3) is 0 Å². The fourth-order valence-corrected chi connectivity index (χ4v) is 4.18. The highest BCUT2D eigenvalue weighted by molar-refractivity contribution is 7.87. The smallest absolute Gasteiger partial charge is 0.267 e. The molecule has 6 nitrogen and oxygen atoms in total. The Kier molecular flexibility index (Phi) is 2.33. The van der Waals surface area contributed by atoms with Gasteiger partial charge in [-0.3, -0.25) is 8.37 Å². The molecule has 0 amide bonds. The molecule has 2 heterocycles. The lowest BCUT2D eigenvalue weighted by Crippen LogP contribution is -2.23. The summed E-state index contributed by atoms with van der Waals surface area (Å²) in [6, 6.07) is 0. The second-order valence-corrected chi connectivity index (χ2v) is 6.85. The molecule has 14 heavy (non-hydrogen) atoms. The van der Waals surface area contributed by atoms with Crippen molar-refractivity contribution in [2.75, 3.05) is 18.1 Å². The summed E-state index contributed by atoms with van der Waals surface area (Å²) in [5, 5.41) is 0. The zero-order chi connectivity index (χ0) is 10.4. The molecule has 0 aromatic heterocycles. The Morgan fingerprint density at radius 2 is 1.79 bits per heavy atom. The Hall–Kier alpha value is -0.180. The molecular formula is C6H10O6S2. The van der Waals surface area contributed by atoms with E-state index in [4.69, 9.17) is 4.18 Å². The van der Waals surface area contributed by atoms with E-state index in [0.717, 1.165) is 0 Å². The second-order valence-electron chi connectivity index (χ2n) is 3.45. The van der Waals surface area contributed by atoms with Crippen LogP contribution in [0, 0.1) is 5.92 Å². The van der Waals surface area contributed by atoms with Gasteiger partial charge in [0.25, 0.3) is 20.2 Å². The first-order valence-electron chi connectivity index (χ1n) is 4.16. The van der Waals surface area contributed by atoms with Gasteiger partial charge in [-0.1, -0.05) is 0 Å². The average molecular weight is 242 g/mol. The van der Waals surface area contributed by atoms with E-state index in [1.165, 1.54) is 0 Å². The molecule has 0 aliphatic carbocycles. The molecule has 2 aliphatic rings. The van der Waals surface area contributed by atoms with Crippen LogP contribution in [0.15, 0.2) is 0 Å². The van der Waals surface area contributed by atoms with E-state index >= 15 is 0 Å². The Morgan fingerprint density at radius 1 is 1.07 bits per heavy atom. The van der Waals surface area contributed by atoms with Gasteiger partial charge >= 0.3 is 0 Å². The minimum atomic E-state index is -3.44. The molecule has 82 valence electrons. The van der Waals surface area contributed by atoms with Crippen LogP contribution in [0.2, 0.25) is 0 Å². The van der Waals surface area contributed by atoms with Crippen LogP contribution >= 0.6 is 0 Å². The first-order chi connectivity index (χ1) is 6.38. The van der Waals surface area contributed by atoms with Crippen LogP contribution in [-0.2, 0) is 28.6 Å². The maximum absolute atomic E-state index is 10.9. The maximum Gasteiger partial charge on any atom is 0.267 e. The summed E-state index contributed by atoms with van der Waals surface area (Å²) in [5.41, 5.74) is 0. The van der Waals surface area contributed by atoms with Gasteiger partial charge in [-0.25, -0.2) is 0 Å². The standard InChI is InChI=1S/C6H10O6S2/c7-13(8)2-1-6(12-13)5-3-11-14(9,10)4-5/h5-6H,1-4H2. The summed E-state index contributed by atoms with van der Waals surface area (Å²) < 4.78 is 53.0. The van der Waals surface area contributed by atoms with E-state index in [-0.39, 0.29) is 24.0 Å². The summed E-state index contributed by atoms with van der Waals surface area (Å²) >= 11 is 0. The van der Waals surface area contributed by atoms with Crippen molar-refractivity contribution in [1.29, 1.82) is 0 Å². The highest BCUT2D eigenvalue weighted by atomic mass is 32.2. The van der Waals surface area contributed by atoms with E-state index < -0.39 is 26.3 Å². The highest BCUT2D eigenvalue weighted by Crippen LogP contribution is 2.28. The summed E-state index contributed by atoms with van der Waals surface area (Å²) in [4.78, 5) is 0. The van der Waals surface area contributed by atoms with Gasteiger partial charge in [-0.15, -0.1) is 0 Å². The van der Waals surface area contributed by atoms with Crippen LogP contribution in [0.4, 0.5) is 0 Å². The third kappa shape index (κ3) is 2.08. The fourth-order valence-electron chi connectivity index (χ4n) is 1.62. The van der Waals surface area contributed by atoms with Gasteiger partial charge in [0.1, 0.15) is 0 Å². The van der Waals surface area contributed by atoms with Crippen molar-refractivity contribution in [2.24, 2.45) is 5.92 Å². The topological polar surface area (TPSA) is 86.7 Å². The largest absolute Gasteiger partial charge is 0.270 e. The zero-order valence-corrected chi connectivity index (χ0v) is 8.88. The van der Waals surface area contributed by atoms with Gasteiger partial charge in [0.2, 0.25) is 0 Å². The van der Waals surface area contributed by atoms with Crippen LogP contribution in [0.5, 0.6) is 0 Å². The predicted octanol–water partition coefficient (Wildman–Crippen LogP) is -0.919. The summed E-state index contributed by atoms with van der Waals surface area (Å²) in [6.45, 7) is 0.0303. The molecule has 0 aromatic carbocycles. The molecule has 2 aliphatic heterocycles. The first-order valence-corrected chi connectivity index (χ1v) is 7.31. The molecule has 2 rings (SSSR count). The highest BCUT2D eigenvalue weighted by Gasteiger charge is 2.41. The normalized spacial score (nSPS) is 40.0. The molecule has 0 spiro atoms. The lowest BCUT2D eigenvalue weighted by atomic mass is 10.0. The van der Waals surface area contributed by atoms with Gasteiger partial charge in [0.05, 0.1) is 24.2 Å². The third-order valence-electron chi connectivity index (χ3n) is 2.33. The van der Waals surface area contributed by atoms with E-state index in [0.29, 0.717) is 6.42 Å². The predicted molar refractivity (Wildman–Crippen MR) is 46.5 cm³/mol. The molecule has 2 atom stereocenters. The number of hydrogen-bond donors (Lipinski definition) is 0. The van der Waals surface area contributed by atoms with Crippen LogP contribution in [-0.4, -0.2) is 41.1 Å². The molecule has 2 fully saturated rings. The van der Waals surface area contributed by atoms with Crippen LogP contribution in [0.3, 0.4) is 0 Å².